The van der Waals surface area contributed by atoms with Crippen LogP contribution < -0.4 is 10.0 Å². The lowest BCUT2D eigenvalue weighted by Crippen LogP contribution is -2.36. The molecule has 2 N–H and O–H groups in total. The Hall–Kier alpha value is -1.18. The van der Waals surface area contributed by atoms with Gasteiger partial charge in [-0.05, 0) is 11.4 Å². The summed E-state index contributed by atoms with van der Waals surface area (Å²) < 4.78 is 25.5. The number of sulfonamides is 1. The first-order valence-corrected chi connectivity index (χ1v) is 6.83. The van der Waals surface area contributed by atoms with Gasteiger partial charge in [0, 0.05) is 6.54 Å². The number of amides is 1. The minimum Gasteiger partial charge on any atom is -0.352 e. The molecule has 1 heterocycles. The van der Waals surface area contributed by atoms with Crippen LogP contribution in [0.4, 0.5) is 0 Å². The molecule has 0 aromatic carbocycles. The van der Waals surface area contributed by atoms with E-state index in [2.05, 4.69) is 16.6 Å². The third kappa shape index (κ3) is 3.76. The number of nitrogens with one attached hydrogen (secondary N) is 2. The molecule has 0 fully saturated rings. The van der Waals surface area contributed by atoms with E-state index in [1.807, 2.05) is 0 Å². The normalized spacial score (nSPS) is 11.0. The van der Waals surface area contributed by atoms with Gasteiger partial charge in [-0.1, -0.05) is 12.1 Å². The zero-order valence-electron chi connectivity index (χ0n) is 8.47. The maximum atomic E-state index is 11.6. The van der Waals surface area contributed by atoms with Gasteiger partial charge < -0.3 is 5.32 Å². The molecule has 0 unspecified atom stereocenters. The number of hydrogen-bond acceptors (Lipinski definition) is 4. The molecule has 0 saturated carbocycles. The van der Waals surface area contributed by atoms with Crippen molar-refractivity contribution < 1.29 is 13.2 Å². The molecular weight excluding hydrogens is 248 g/mol. The van der Waals surface area contributed by atoms with Crippen molar-refractivity contribution in [3.05, 3.63) is 30.2 Å². The lowest BCUT2D eigenvalue weighted by Gasteiger charge is -2.04. The van der Waals surface area contributed by atoms with Crippen LogP contribution in [0.25, 0.3) is 0 Å². The molecule has 7 heteroatoms. The first-order valence-electron chi connectivity index (χ1n) is 4.47. The molecule has 0 aliphatic heterocycles. The van der Waals surface area contributed by atoms with Crippen molar-refractivity contribution in [2.45, 2.75) is 4.21 Å². The highest BCUT2D eigenvalue weighted by molar-refractivity contribution is 7.91. The molecule has 0 aliphatic carbocycles. The zero-order valence-corrected chi connectivity index (χ0v) is 10.1. The lowest BCUT2D eigenvalue weighted by atomic mass is 10.5. The van der Waals surface area contributed by atoms with Crippen molar-refractivity contribution in [2.24, 2.45) is 0 Å². The van der Waals surface area contributed by atoms with E-state index in [9.17, 15) is 13.2 Å². The molecule has 0 atom stereocenters. The van der Waals surface area contributed by atoms with Gasteiger partial charge in [0.1, 0.15) is 4.21 Å². The van der Waals surface area contributed by atoms with Gasteiger partial charge in [-0.15, -0.1) is 17.9 Å². The SMILES string of the molecule is C=CCNC(=O)CNS(=O)(=O)c1cccs1. The maximum Gasteiger partial charge on any atom is 0.250 e. The summed E-state index contributed by atoms with van der Waals surface area (Å²) in [6.07, 6.45) is 1.52. The summed E-state index contributed by atoms with van der Waals surface area (Å²) in [7, 11) is -3.56. The highest BCUT2D eigenvalue weighted by Crippen LogP contribution is 2.14. The Morgan fingerprint density at radius 1 is 1.56 bits per heavy atom. The molecule has 1 rings (SSSR count). The van der Waals surface area contributed by atoms with Crippen LogP contribution in [-0.4, -0.2) is 27.4 Å². The molecule has 5 nitrogen and oxygen atoms in total. The molecule has 1 aromatic heterocycles. The summed E-state index contributed by atoms with van der Waals surface area (Å²) in [5.41, 5.74) is 0. The molecule has 1 amide bonds. The van der Waals surface area contributed by atoms with Gasteiger partial charge in [-0.25, -0.2) is 13.1 Å². The maximum absolute atomic E-state index is 11.6. The van der Waals surface area contributed by atoms with E-state index in [1.54, 1.807) is 11.4 Å². The molecular formula is C9H12N2O3S2. The Morgan fingerprint density at radius 2 is 2.31 bits per heavy atom. The molecule has 88 valence electrons. The van der Waals surface area contributed by atoms with Crippen molar-refractivity contribution >= 4 is 27.3 Å². The Bertz CT molecular complexity index is 451. The fourth-order valence-corrected chi connectivity index (χ4v) is 2.92. The third-order valence-electron chi connectivity index (χ3n) is 1.63. The second-order valence-electron chi connectivity index (χ2n) is 2.85. The van der Waals surface area contributed by atoms with E-state index >= 15 is 0 Å². The summed E-state index contributed by atoms with van der Waals surface area (Å²) in [5.74, 6) is -0.389. The third-order valence-corrected chi connectivity index (χ3v) is 4.42. The molecule has 0 spiro atoms. The quantitative estimate of drug-likeness (QED) is 0.724. The van der Waals surface area contributed by atoms with Crippen LogP contribution >= 0.6 is 11.3 Å². The van der Waals surface area contributed by atoms with Crippen molar-refractivity contribution in [1.82, 2.24) is 10.0 Å². The molecule has 1 aromatic rings. The number of thiophene rings is 1. The molecule has 0 aliphatic rings. The van der Waals surface area contributed by atoms with Crippen molar-refractivity contribution in [3.63, 3.8) is 0 Å². The average Bonchev–Trinajstić information content (AvgIpc) is 2.77. The van der Waals surface area contributed by atoms with Crippen LogP contribution in [0.3, 0.4) is 0 Å². The van der Waals surface area contributed by atoms with Gasteiger partial charge in [0.15, 0.2) is 0 Å². The standard InChI is InChI=1S/C9H12N2O3S2/c1-2-5-10-8(12)7-11-16(13,14)9-4-3-6-15-9/h2-4,6,11H,1,5,7H2,(H,10,12). The largest absolute Gasteiger partial charge is 0.352 e. The van der Waals surface area contributed by atoms with Gasteiger partial charge in [0.05, 0.1) is 6.54 Å². The number of hydrogen-bond donors (Lipinski definition) is 2. The summed E-state index contributed by atoms with van der Waals surface area (Å²) in [6, 6.07) is 3.12. The Labute approximate surface area is 98.2 Å². The number of carbonyl (C=O) groups is 1. The predicted molar refractivity (Wildman–Crippen MR) is 62.7 cm³/mol. The molecule has 0 bridgehead atoms. The van der Waals surface area contributed by atoms with Gasteiger partial charge in [-0.2, -0.15) is 0 Å². The second kappa shape index (κ2) is 5.78. The number of carbonyl (C=O) groups excluding carboxylic acids is 1. The first kappa shape index (κ1) is 12.9. The van der Waals surface area contributed by atoms with Crippen LogP contribution in [0.2, 0.25) is 0 Å². The topological polar surface area (TPSA) is 75.3 Å². The molecule has 0 radical (unpaired) electrons. The summed E-state index contributed by atoms with van der Waals surface area (Å²) in [6.45, 7) is 3.48. The predicted octanol–water partition coefficient (Wildman–Crippen LogP) is 0.329. The summed E-state index contributed by atoms with van der Waals surface area (Å²) in [4.78, 5) is 11.1. The fourth-order valence-electron chi connectivity index (χ4n) is 0.897. The molecule has 16 heavy (non-hydrogen) atoms. The Balaban J connectivity index is 2.49. The first-order chi connectivity index (χ1) is 7.56. The zero-order chi connectivity index (χ0) is 12.0. The van der Waals surface area contributed by atoms with Crippen molar-refractivity contribution in [1.29, 1.82) is 0 Å². The average molecular weight is 260 g/mol. The van der Waals surface area contributed by atoms with E-state index in [1.165, 1.54) is 12.1 Å². The Morgan fingerprint density at radius 3 is 2.88 bits per heavy atom. The second-order valence-corrected chi connectivity index (χ2v) is 5.79. The van der Waals surface area contributed by atoms with Crippen LogP contribution in [0.1, 0.15) is 0 Å². The van der Waals surface area contributed by atoms with E-state index < -0.39 is 10.0 Å². The highest BCUT2D eigenvalue weighted by atomic mass is 32.2. The summed E-state index contributed by atoms with van der Waals surface area (Å²) in [5, 5.41) is 4.13. The fraction of sp³-hybridized carbons (Fsp3) is 0.222. The van der Waals surface area contributed by atoms with Crippen molar-refractivity contribution in [2.75, 3.05) is 13.1 Å². The van der Waals surface area contributed by atoms with E-state index in [-0.39, 0.29) is 16.7 Å². The minimum absolute atomic E-state index is 0.198. The smallest absolute Gasteiger partial charge is 0.250 e. The van der Waals surface area contributed by atoms with Crippen LogP contribution in [0.5, 0.6) is 0 Å². The highest BCUT2D eigenvalue weighted by Gasteiger charge is 2.15. The minimum atomic E-state index is -3.56. The van der Waals surface area contributed by atoms with Gasteiger partial charge in [0.2, 0.25) is 5.91 Å². The van der Waals surface area contributed by atoms with E-state index in [0.717, 1.165) is 11.3 Å². The van der Waals surface area contributed by atoms with Gasteiger partial charge >= 0.3 is 0 Å². The van der Waals surface area contributed by atoms with Gasteiger partial charge in [-0.3, -0.25) is 4.79 Å². The van der Waals surface area contributed by atoms with Crippen LogP contribution in [0, 0.1) is 0 Å². The van der Waals surface area contributed by atoms with Crippen molar-refractivity contribution in [3.8, 4) is 0 Å². The number of rotatable bonds is 6. The van der Waals surface area contributed by atoms with Crippen LogP contribution in [-0.2, 0) is 14.8 Å². The Kier molecular flexibility index (Phi) is 4.66. The van der Waals surface area contributed by atoms with Gasteiger partial charge in [0.25, 0.3) is 10.0 Å². The van der Waals surface area contributed by atoms with E-state index in [4.69, 9.17) is 0 Å². The van der Waals surface area contributed by atoms with E-state index in [0.29, 0.717) is 6.54 Å². The monoisotopic (exact) mass is 260 g/mol. The lowest BCUT2D eigenvalue weighted by molar-refractivity contribution is -0.119. The summed E-state index contributed by atoms with van der Waals surface area (Å²) >= 11 is 1.10. The molecule has 0 saturated heterocycles. The van der Waals surface area contributed by atoms with Crippen LogP contribution in [0.15, 0.2) is 34.4 Å².